The summed E-state index contributed by atoms with van der Waals surface area (Å²) < 4.78 is 5.20. The predicted molar refractivity (Wildman–Crippen MR) is 136 cm³/mol. The molecule has 3 aromatic rings. The number of urea groups is 1. The number of fused-ring (bicyclic) bond motifs is 1. The van der Waals surface area contributed by atoms with Crippen LogP contribution in [0.15, 0.2) is 72.8 Å². The second-order valence-corrected chi connectivity index (χ2v) is 9.08. The lowest BCUT2D eigenvalue weighted by Crippen LogP contribution is -2.48. The fourth-order valence-corrected chi connectivity index (χ4v) is 4.00. The normalized spacial score (nSPS) is 12.7. The van der Waals surface area contributed by atoms with Crippen molar-refractivity contribution in [1.29, 1.82) is 0 Å². The van der Waals surface area contributed by atoms with Crippen LogP contribution >= 0.6 is 0 Å². The Morgan fingerprint density at radius 1 is 0.917 bits per heavy atom. The molecule has 3 N–H and O–H groups in total. The topological polar surface area (TPSA) is 116 Å². The van der Waals surface area contributed by atoms with E-state index in [-0.39, 0.29) is 32.0 Å². The summed E-state index contributed by atoms with van der Waals surface area (Å²) in [6.07, 6.45) is -1.87. The maximum Gasteiger partial charge on any atom is 0.337 e. The molecule has 0 radical (unpaired) electrons. The molecule has 0 aliphatic carbocycles. The van der Waals surface area contributed by atoms with Crippen molar-refractivity contribution in [2.24, 2.45) is 5.92 Å². The van der Waals surface area contributed by atoms with Gasteiger partial charge < -0.3 is 25.2 Å². The van der Waals surface area contributed by atoms with Crippen LogP contribution in [0.5, 0.6) is 0 Å². The molecule has 2 amide bonds. The van der Waals surface area contributed by atoms with Crippen molar-refractivity contribution in [2.75, 3.05) is 13.1 Å². The standard InChI is InChI=1S/C28H32N2O6/c1-19(2)16-30(17-25(31)27(34)36-18-20-9-4-3-5-10-20)28(35)29-24(15-26(32)33)23-14-8-12-21-11-6-7-13-22(21)23/h3-14,19,24-25,31H,15-18H2,1-2H3,(H,29,35)(H,32,33). The summed E-state index contributed by atoms with van der Waals surface area (Å²) >= 11 is 0. The molecule has 0 aliphatic rings. The van der Waals surface area contributed by atoms with E-state index in [9.17, 15) is 24.6 Å². The van der Waals surface area contributed by atoms with Gasteiger partial charge in [0.2, 0.25) is 0 Å². The van der Waals surface area contributed by atoms with Crippen LogP contribution in [0.1, 0.15) is 37.4 Å². The highest BCUT2D eigenvalue weighted by molar-refractivity contribution is 5.87. The Morgan fingerprint density at radius 3 is 2.28 bits per heavy atom. The van der Waals surface area contributed by atoms with Gasteiger partial charge in [0.25, 0.3) is 0 Å². The number of amides is 2. The first-order chi connectivity index (χ1) is 17.2. The minimum Gasteiger partial charge on any atom is -0.481 e. The second-order valence-electron chi connectivity index (χ2n) is 9.08. The molecular weight excluding hydrogens is 460 g/mol. The van der Waals surface area contributed by atoms with Crippen molar-refractivity contribution in [1.82, 2.24) is 10.2 Å². The zero-order valence-electron chi connectivity index (χ0n) is 20.5. The summed E-state index contributed by atoms with van der Waals surface area (Å²) in [5.41, 5.74) is 1.46. The van der Waals surface area contributed by atoms with E-state index >= 15 is 0 Å². The van der Waals surface area contributed by atoms with Crippen molar-refractivity contribution in [3.8, 4) is 0 Å². The molecule has 3 rings (SSSR count). The number of carboxylic acid groups (broad SMARTS) is 1. The van der Waals surface area contributed by atoms with Crippen LogP contribution in [0.3, 0.4) is 0 Å². The van der Waals surface area contributed by atoms with Gasteiger partial charge >= 0.3 is 18.0 Å². The number of rotatable bonds is 11. The first-order valence-electron chi connectivity index (χ1n) is 11.9. The number of aliphatic carboxylic acids is 1. The summed E-state index contributed by atoms with van der Waals surface area (Å²) in [6, 6.07) is 20.8. The van der Waals surface area contributed by atoms with Crippen LogP contribution < -0.4 is 5.32 Å². The number of ether oxygens (including phenoxy) is 1. The minimum atomic E-state index is -1.55. The monoisotopic (exact) mass is 492 g/mol. The number of nitrogens with zero attached hydrogens (tertiary/aromatic N) is 1. The Kier molecular flexibility index (Phi) is 9.41. The Balaban J connectivity index is 1.74. The molecule has 0 spiro atoms. The predicted octanol–water partition coefficient (Wildman–Crippen LogP) is 4.13. The number of aliphatic hydroxyl groups is 1. The molecule has 0 saturated carbocycles. The number of nitrogens with one attached hydrogen (secondary N) is 1. The van der Waals surface area contributed by atoms with Gasteiger partial charge in [-0.25, -0.2) is 9.59 Å². The average Bonchev–Trinajstić information content (AvgIpc) is 2.86. The summed E-state index contributed by atoms with van der Waals surface area (Å²) in [5.74, 6) is -1.86. The van der Waals surface area contributed by atoms with Crippen LogP contribution in [0.25, 0.3) is 10.8 Å². The molecule has 36 heavy (non-hydrogen) atoms. The van der Waals surface area contributed by atoms with Crippen molar-refractivity contribution in [3.05, 3.63) is 83.9 Å². The number of hydrogen-bond donors (Lipinski definition) is 3. The number of aliphatic hydroxyl groups excluding tert-OH is 1. The van der Waals surface area contributed by atoms with E-state index in [2.05, 4.69) is 5.32 Å². The highest BCUT2D eigenvalue weighted by Crippen LogP contribution is 2.26. The summed E-state index contributed by atoms with van der Waals surface area (Å²) in [7, 11) is 0. The number of benzene rings is 3. The third-order valence-corrected chi connectivity index (χ3v) is 5.64. The minimum absolute atomic E-state index is 0.00881. The molecule has 8 nitrogen and oxygen atoms in total. The van der Waals surface area contributed by atoms with E-state index in [1.54, 1.807) is 18.2 Å². The number of esters is 1. The van der Waals surface area contributed by atoms with E-state index in [0.29, 0.717) is 5.56 Å². The van der Waals surface area contributed by atoms with Gasteiger partial charge in [-0.2, -0.15) is 0 Å². The van der Waals surface area contributed by atoms with Crippen LogP contribution in [0.2, 0.25) is 0 Å². The zero-order chi connectivity index (χ0) is 26.1. The van der Waals surface area contributed by atoms with Crippen molar-refractivity contribution in [2.45, 2.75) is 39.0 Å². The highest BCUT2D eigenvalue weighted by atomic mass is 16.5. The lowest BCUT2D eigenvalue weighted by molar-refractivity contribution is -0.155. The molecule has 0 bridgehead atoms. The van der Waals surface area contributed by atoms with Gasteiger partial charge in [0.05, 0.1) is 19.0 Å². The van der Waals surface area contributed by atoms with E-state index in [4.69, 9.17) is 4.74 Å². The largest absolute Gasteiger partial charge is 0.481 e. The molecule has 190 valence electrons. The van der Waals surface area contributed by atoms with E-state index in [0.717, 1.165) is 16.3 Å². The molecule has 0 aromatic heterocycles. The van der Waals surface area contributed by atoms with E-state index in [1.807, 2.05) is 68.4 Å². The average molecular weight is 493 g/mol. The van der Waals surface area contributed by atoms with Crippen molar-refractivity contribution < 1.29 is 29.3 Å². The maximum absolute atomic E-state index is 13.3. The smallest absolute Gasteiger partial charge is 0.337 e. The molecule has 0 saturated heterocycles. The van der Waals surface area contributed by atoms with E-state index in [1.165, 1.54) is 4.90 Å². The third-order valence-electron chi connectivity index (χ3n) is 5.64. The molecule has 0 heterocycles. The van der Waals surface area contributed by atoms with Crippen molar-refractivity contribution >= 4 is 28.7 Å². The van der Waals surface area contributed by atoms with Crippen LogP contribution in [-0.2, 0) is 20.9 Å². The van der Waals surface area contributed by atoms with Crippen LogP contribution in [-0.4, -0.2) is 52.3 Å². The Labute approximate surface area is 210 Å². The SMILES string of the molecule is CC(C)CN(CC(O)C(=O)OCc1ccccc1)C(=O)NC(CC(=O)O)c1cccc2ccccc12. The molecule has 2 unspecified atom stereocenters. The number of carbonyl (C=O) groups is 3. The molecule has 3 aromatic carbocycles. The Morgan fingerprint density at radius 2 is 1.58 bits per heavy atom. The molecule has 2 atom stereocenters. The van der Waals surface area contributed by atoms with Gasteiger partial charge in [0.1, 0.15) is 6.61 Å². The van der Waals surface area contributed by atoms with Gasteiger partial charge in [-0.05, 0) is 27.8 Å². The van der Waals surface area contributed by atoms with Crippen molar-refractivity contribution in [3.63, 3.8) is 0 Å². The van der Waals surface area contributed by atoms with Gasteiger partial charge in [-0.1, -0.05) is 86.6 Å². The van der Waals surface area contributed by atoms with Gasteiger partial charge in [-0.3, -0.25) is 4.79 Å². The molecule has 0 aliphatic heterocycles. The quantitative estimate of drug-likeness (QED) is 0.347. The lowest BCUT2D eigenvalue weighted by Gasteiger charge is -2.29. The first-order valence-corrected chi connectivity index (χ1v) is 11.9. The van der Waals surface area contributed by atoms with Gasteiger partial charge in [0, 0.05) is 6.54 Å². The molecular formula is C28H32N2O6. The summed E-state index contributed by atoms with van der Waals surface area (Å²) in [6.45, 7) is 3.78. The Bertz CT molecular complexity index is 1180. The van der Waals surface area contributed by atoms with E-state index < -0.39 is 30.1 Å². The second kappa shape index (κ2) is 12.7. The highest BCUT2D eigenvalue weighted by Gasteiger charge is 2.27. The maximum atomic E-state index is 13.3. The summed E-state index contributed by atoms with van der Waals surface area (Å²) in [5, 5.41) is 24.6. The fraction of sp³-hybridized carbons (Fsp3) is 0.321. The van der Waals surface area contributed by atoms with Crippen LogP contribution in [0.4, 0.5) is 4.79 Å². The molecule has 8 heteroatoms. The first kappa shape index (κ1) is 26.7. The molecule has 0 fully saturated rings. The fourth-order valence-electron chi connectivity index (χ4n) is 4.00. The third kappa shape index (κ3) is 7.55. The Hall–Kier alpha value is -3.91. The lowest BCUT2D eigenvalue weighted by atomic mass is 9.97. The number of carbonyl (C=O) groups excluding carboxylic acids is 2. The zero-order valence-corrected chi connectivity index (χ0v) is 20.5. The van der Waals surface area contributed by atoms with Crippen LogP contribution in [0, 0.1) is 5.92 Å². The van der Waals surface area contributed by atoms with Gasteiger partial charge in [-0.15, -0.1) is 0 Å². The number of hydrogen-bond acceptors (Lipinski definition) is 5. The van der Waals surface area contributed by atoms with Gasteiger partial charge in [0.15, 0.2) is 6.10 Å². The number of carboxylic acids is 1. The summed E-state index contributed by atoms with van der Waals surface area (Å²) in [4.78, 5) is 38.6.